The minimum absolute atomic E-state index is 0.0441. The van der Waals surface area contributed by atoms with Gasteiger partial charge in [0, 0.05) is 6.04 Å². The topological polar surface area (TPSA) is 72.7 Å². The average molecular weight is 317 g/mol. The third-order valence-electron chi connectivity index (χ3n) is 3.60. The molecule has 1 heterocycles. The largest absolute Gasteiger partial charge is 0.352 e. The molecule has 3 rings (SSSR count). The number of rotatable bonds is 5. The molecule has 0 saturated heterocycles. The van der Waals surface area contributed by atoms with Crippen molar-refractivity contribution in [3.8, 4) is 5.69 Å². The molecule has 116 valence electrons. The van der Waals surface area contributed by atoms with Crippen molar-refractivity contribution in [3.63, 3.8) is 0 Å². The minimum atomic E-state index is -0.226. The predicted molar refractivity (Wildman–Crippen MR) is 85.1 cm³/mol. The molecule has 7 heteroatoms. The number of carbonyl (C=O) groups is 1. The lowest BCUT2D eigenvalue weighted by Crippen LogP contribution is -2.32. The first kappa shape index (κ1) is 15.0. The number of hydrogen-bond donors (Lipinski definition) is 1. The van der Waals surface area contributed by atoms with Crippen molar-refractivity contribution in [3.05, 3.63) is 29.3 Å². The van der Waals surface area contributed by atoms with Crippen LogP contribution >= 0.6 is 11.8 Å². The van der Waals surface area contributed by atoms with Crippen molar-refractivity contribution < 1.29 is 4.79 Å². The van der Waals surface area contributed by atoms with Crippen LogP contribution in [0.1, 0.15) is 30.9 Å². The number of thioether (sulfide) groups is 1. The van der Waals surface area contributed by atoms with E-state index < -0.39 is 0 Å². The Balaban J connectivity index is 1.78. The first-order valence-corrected chi connectivity index (χ1v) is 8.25. The van der Waals surface area contributed by atoms with Gasteiger partial charge in [-0.15, -0.1) is 5.10 Å². The lowest BCUT2D eigenvalue weighted by atomic mass is 10.1. The molecular formula is C15H19N5OS. The average Bonchev–Trinajstić information content (AvgIpc) is 3.17. The number of aromatic nitrogens is 4. The fourth-order valence-corrected chi connectivity index (χ4v) is 3.01. The van der Waals surface area contributed by atoms with Crippen LogP contribution in [0.5, 0.6) is 0 Å². The van der Waals surface area contributed by atoms with Crippen LogP contribution in [-0.2, 0) is 4.79 Å². The highest BCUT2D eigenvalue weighted by Gasteiger charge is 2.27. The number of amides is 1. The van der Waals surface area contributed by atoms with Crippen LogP contribution in [0.15, 0.2) is 23.4 Å². The van der Waals surface area contributed by atoms with Crippen LogP contribution in [0.3, 0.4) is 0 Å². The summed E-state index contributed by atoms with van der Waals surface area (Å²) in [5.74, 6) is 0.0441. The molecule has 0 unspecified atom stereocenters. The Labute approximate surface area is 133 Å². The summed E-state index contributed by atoms with van der Waals surface area (Å²) in [7, 11) is 0. The summed E-state index contributed by atoms with van der Waals surface area (Å²) < 4.78 is 1.69. The summed E-state index contributed by atoms with van der Waals surface area (Å²) >= 11 is 1.38. The van der Waals surface area contributed by atoms with Crippen LogP contribution < -0.4 is 5.32 Å². The zero-order chi connectivity index (χ0) is 15.7. The van der Waals surface area contributed by atoms with E-state index in [2.05, 4.69) is 33.8 Å². The molecule has 0 aliphatic heterocycles. The molecule has 1 saturated carbocycles. The summed E-state index contributed by atoms with van der Waals surface area (Å²) in [6, 6.07) is 6.49. The molecule has 1 aromatic carbocycles. The molecule has 1 aliphatic carbocycles. The van der Waals surface area contributed by atoms with Crippen molar-refractivity contribution in [1.29, 1.82) is 0 Å². The van der Waals surface area contributed by atoms with E-state index in [-0.39, 0.29) is 11.2 Å². The van der Waals surface area contributed by atoms with Crippen molar-refractivity contribution >= 4 is 17.7 Å². The van der Waals surface area contributed by atoms with Crippen molar-refractivity contribution in [2.24, 2.45) is 0 Å². The molecule has 2 aromatic rings. The zero-order valence-corrected chi connectivity index (χ0v) is 13.7. The summed E-state index contributed by atoms with van der Waals surface area (Å²) in [6.07, 6.45) is 2.17. The fourth-order valence-electron chi connectivity index (χ4n) is 2.20. The van der Waals surface area contributed by atoms with Gasteiger partial charge < -0.3 is 5.32 Å². The summed E-state index contributed by atoms with van der Waals surface area (Å²) in [4.78, 5) is 12.1. The first-order valence-electron chi connectivity index (χ1n) is 7.37. The molecule has 1 aliphatic rings. The van der Waals surface area contributed by atoms with Gasteiger partial charge in [-0.1, -0.05) is 29.5 Å². The number of benzene rings is 1. The zero-order valence-electron chi connectivity index (χ0n) is 12.9. The number of nitrogens with one attached hydrogen (secondary N) is 1. The molecule has 6 nitrogen and oxygen atoms in total. The SMILES string of the molecule is Cc1ccc(-n2nnnc2S[C@@H](C)C(=O)NC2CC2)c(C)c1. The highest BCUT2D eigenvalue weighted by atomic mass is 32.2. The molecule has 22 heavy (non-hydrogen) atoms. The Morgan fingerprint density at radius 1 is 1.41 bits per heavy atom. The second kappa shape index (κ2) is 6.08. The van der Waals surface area contributed by atoms with Crippen LogP contribution in [0.2, 0.25) is 0 Å². The maximum atomic E-state index is 12.1. The molecule has 1 N–H and O–H groups in total. The van der Waals surface area contributed by atoms with Gasteiger partial charge in [-0.25, -0.2) is 0 Å². The lowest BCUT2D eigenvalue weighted by molar-refractivity contribution is -0.120. The molecule has 0 radical (unpaired) electrons. The van der Waals surface area contributed by atoms with E-state index in [0.717, 1.165) is 24.1 Å². The maximum Gasteiger partial charge on any atom is 0.233 e. The number of aryl methyl sites for hydroxylation is 2. The molecule has 1 aromatic heterocycles. The Hall–Kier alpha value is -1.89. The molecule has 1 amide bonds. The van der Waals surface area contributed by atoms with E-state index in [1.54, 1.807) is 4.68 Å². The monoisotopic (exact) mass is 317 g/mol. The van der Waals surface area contributed by atoms with Gasteiger partial charge in [0.1, 0.15) is 0 Å². The van der Waals surface area contributed by atoms with Gasteiger partial charge in [0.2, 0.25) is 11.1 Å². The Bertz CT molecular complexity index is 695. The molecule has 1 atom stereocenters. The van der Waals surface area contributed by atoms with E-state index >= 15 is 0 Å². The second-order valence-corrected chi connectivity index (χ2v) is 7.01. The summed E-state index contributed by atoms with van der Waals surface area (Å²) in [5.41, 5.74) is 3.23. The first-order chi connectivity index (χ1) is 10.5. The third kappa shape index (κ3) is 3.30. The van der Waals surface area contributed by atoms with E-state index in [0.29, 0.717) is 11.2 Å². The highest BCUT2D eigenvalue weighted by Crippen LogP contribution is 2.26. The van der Waals surface area contributed by atoms with E-state index in [4.69, 9.17) is 0 Å². The molecule has 0 bridgehead atoms. The summed E-state index contributed by atoms with van der Waals surface area (Å²) in [5, 5.41) is 15.3. The van der Waals surface area contributed by atoms with Gasteiger partial charge in [0.05, 0.1) is 10.9 Å². The van der Waals surface area contributed by atoms with Crippen molar-refractivity contribution in [2.75, 3.05) is 0 Å². The number of nitrogens with zero attached hydrogens (tertiary/aromatic N) is 4. The second-order valence-electron chi connectivity index (χ2n) is 5.71. The Morgan fingerprint density at radius 3 is 2.86 bits per heavy atom. The Kier molecular flexibility index (Phi) is 4.15. The third-order valence-corrected chi connectivity index (χ3v) is 4.63. The Morgan fingerprint density at radius 2 is 2.18 bits per heavy atom. The van der Waals surface area contributed by atoms with Gasteiger partial charge in [-0.3, -0.25) is 4.79 Å². The predicted octanol–water partition coefficient (Wildman–Crippen LogP) is 2.04. The van der Waals surface area contributed by atoms with E-state index in [1.165, 1.54) is 17.3 Å². The van der Waals surface area contributed by atoms with Crippen LogP contribution in [0, 0.1) is 13.8 Å². The van der Waals surface area contributed by atoms with Gasteiger partial charge >= 0.3 is 0 Å². The normalized spacial score (nSPS) is 15.6. The number of carbonyl (C=O) groups excluding carboxylic acids is 1. The van der Waals surface area contributed by atoms with E-state index in [9.17, 15) is 4.79 Å². The van der Waals surface area contributed by atoms with Crippen molar-refractivity contribution in [1.82, 2.24) is 25.5 Å². The number of tetrazole rings is 1. The lowest BCUT2D eigenvalue weighted by Gasteiger charge is -2.12. The van der Waals surface area contributed by atoms with Crippen LogP contribution in [-0.4, -0.2) is 37.4 Å². The van der Waals surface area contributed by atoms with E-state index in [1.807, 2.05) is 26.0 Å². The summed E-state index contributed by atoms with van der Waals surface area (Å²) in [6.45, 7) is 5.96. The van der Waals surface area contributed by atoms with Gasteiger partial charge in [-0.2, -0.15) is 4.68 Å². The smallest absolute Gasteiger partial charge is 0.233 e. The standard InChI is InChI=1S/C15H19N5OS/c1-9-4-7-13(10(2)8-9)20-15(17-18-19-20)22-11(3)14(21)16-12-5-6-12/h4,7-8,11-12H,5-6H2,1-3H3,(H,16,21)/t11-/m0/s1. The molecule has 0 spiro atoms. The number of hydrogen-bond acceptors (Lipinski definition) is 5. The highest BCUT2D eigenvalue weighted by molar-refractivity contribution is 8.00. The van der Waals surface area contributed by atoms with Gasteiger partial charge in [-0.05, 0) is 55.7 Å². The molecule has 1 fully saturated rings. The van der Waals surface area contributed by atoms with Crippen LogP contribution in [0.25, 0.3) is 5.69 Å². The quantitative estimate of drug-likeness (QED) is 0.854. The van der Waals surface area contributed by atoms with Gasteiger partial charge in [0.15, 0.2) is 0 Å². The fraction of sp³-hybridized carbons (Fsp3) is 0.467. The maximum absolute atomic E-state index is 12.1. The van der Waals surface area contributed by atoms with Gasteiger partial charge in [0.25, 0.3) is 0 Å². The van der Waals surface area contributed by atoms with Crippen LogP contribution in [0.4, 0.5) is 0 Å². The minimum Gasteiger partial charge on any atom is -0.352 e. The molecular weight excluding hydrogens is 298 g/mol. The van der Waals surface area contributed by atoms with Crippen molar-refractivity contribution in [2.45, 2.75) is 50.1 Å².